The minimum Gasteiger partial charge on any atom is -0.346 e. The Hall–Kier alpha value is -3.11. The topological polar surface area (TPSA) is 85.6 Å². The number of aryl methyl sites for hydroxylation is 1. The normalized spacial score (nSPS) is 10.9. The van der Waals surface area contributed by atoms with Crippen LogP contribution < -0.4 is 5.32 Å². The van der Waals surface area contributed by atoms with Crippen LogP contribution in [0.1, 0.15) is 25.9 Å². The zero-order chi connectivity index (χ0) is 21.8. The number of halogens is 1. The second-order valence-electron chi connectivity index (χ2n) is 6.80. The lowest BCUT2D eigenvalue weighted by atomic mass is 10.1. The zero-order valence-electron chi connectivity index (χ0n) is 16.9. The molecule has 4 aromatic rings. The van der Waals surface area contributed by atoms with Gasteiger partial charge in [0.25, 0.3) is 5.91 Å². The number of benzene rings is 2. The van der Waals surface area contributed by atoms with E-state index in [1.165, 1.54) is 34.7 Å². The maximum Gasteiger partial charge on any atom is 0.282 e. The summed E-state index contributed by atoms with van der Waals surface area (Å²) in [5.41, 5.74) is 2.59. The molecule has 0 spiro atoms. The van der Waals surface area contributed by atoms with Crippen molar-refractivity contribution in [3.05, 3.63) is 75.5 Å². The van der Waals surface area contributed by atoms with Gasteiger partial charge in [0, 0.05) is 13.6 Å². The first kappa shape index (κ1) is 21.1. The molecule has 4 rings (SSSR count). The molecule has 2 aromatic heterocycles. The van der Waals surface area contributed by atoms with Crippen molar-refractivity contribution in [3.63, 3.8) is 0 Å². The molecule has 1 N–H and O–H groups in total. The summed E-state index contributed by atoms with van der Waals surface area (Å²) in [7, 11) is 1.79. The third-order valence-electron chi connectivity index (χ3n) is 4.51. The van der Waals surface area contributed by atoms with E-state index < -0.39 is 0 Å². The van der Waals surface area contributed by atoms with Crippen LogP contribution in [0.25, 0.3) is 11.4 Å². The second-order valence-corrected chi connectivity index (χ2v) is 8.81. The maximum absolute atomic E-state index is 14.0. The van der Waals surface area contributed by atoms with Crippen LogP contribution in [0.5, 0.6) is 0 Å². The highest BCUT2D eigenvalue weighted by Crippen LogP contribution is 2.27. The van der Waals surface area contributed by atoms with Crippen LogP contribution >= 0.6 is 23.1 Å². The highest BCUT2D eigenvalue weighted by atomic mass is 32.2. The van der Waals surface area contributed by atoms with E-state index in [2.05, 4.69) is 25.7 Å². The molecule has 0 unspecified atom stereocenters. The lowest BCUT2D eigenvalue weighted by Crippen LogP contribution is -2.22. The standard InChI is InChI=1S/C21H19FN6OS2/c1-13-7-9-14(10-8-13)11-23-19(29)20-26-24-17(31-20)12-30-21-27-25-18(28(21)2)15-5-3-4-6-16(15)22/h3-10H,11-12H2,1-2H3,(H,23,29). The van der Waals surface area contributed by atoms with E-state index in [9.17, 15) is 9.18 Å². The number of nitrogens with one attached hydrogen (secondary N) is 1. The molecule has 0 atom stereocenters. The van der Waals surface area contributed by atoms with Gasteiger partial charge in [-0.1, -0.05) is 65.1 Å². The average Bonchev–Trinajstić information content (AvgIpc) is 3.39. The van der Waals surface area contributed by atoms with Crippen LogP contribution in [0.4, 0.5) is 4.39 Å². The van der Waals surface area contributed by atoms with Crippen LogP contribution in [0.15, 0.2) is 53.7 Å². The Balaban J connectivity index is 1.36. The summed E-state index contributed by atoms with van der Waals surface area (Å²) in [6.07, 6.45) is 0. The summed E-state index contributed by atoms with van der Waals surface area (Å²) >= 11 is 2.64. The van der Waals surface area contributed by atoms with Crippen LogP contribution in [0, 0.1) is 12.7 Å². The van der Waals surface area contributed by atoms with Gasteiger partial charge in [0.2, 0.25) is 5.01 Å². The Kier molecular flexibility index (Phi) is 6.38. The van der Waals surface area contributed by atoms with Crippen LogP contribution in [0.3, 0.4) is 0 Å². The summed E-state index contributed by atoms with van der Waals surface area (Å²) in [6, 6.07) is 14.4. The van der Waals surface area contributed by atoms with E-state index in [1.807, 2.05) is 31.2 Å². The molecule has 0 saturated heterocycles. The van der Waals surface area contributed by atoms with Crippen molar-refractivity contribution in [2.24, 2.45) is 7.05 Å². The lowest BCUT2D eigenvalue weighted by molar-refractivity contribution is 0.0950. The molecule has 0 aliphatic rings. The van der Waals surface area contributed by atoms with Gasteiger partial charge in [-0.3, -0.25) is 4.79 Å². The van der Waals surface area contributed by atoms with E-state index in [0.29, 0.717) is 38.9 Å². The molecule has 7 nitrogen and oxygen atoms in total. The minimum absolute atomic E-state index is 0.255. The first-order chi connectivity index (χ1) is 15.0. The van der Waals surface area contributed by atoms with Crippen molar-refractivity contribution in [1.29, 1.82) is 0 Å². The van der Waals surface area contributed by atoms with Crippen molar-refractivity contribution in [2.75, 3.05) is 0 Å². The summed E-state index contributed by atoms with van der Waals surface area (Å²) < 4.78 is 15.8. The lowest BCUT2D eigenvalue weighted by Gasteiger charge is -2.04. The largest absolute Gasteiger partial charge is 0.346 e. The summed E-state index contributed by atoms with van der Waals surface area (Å²) in [6.45, 7) is 2.45. The summed E-state index contributed by atoms with van der Waals surface area (Å²) in [5.74, 6) is 0.329. The van der Waals surface area contributed by atoms with Crippen molar-refractivity contribution in [2.45, 2.75) is 24.4 Å². The van der Waals surface area contributed by atoms with Crippen LogP contribution in [0.2, 0.25) is 0 Å². The Morgan fingerprint density at radius 3 is 2.65 bits per heavy atom. The molecule has 0 radical (unpaired) electrons. The van der Waals surface area contributed by atoms with Crippen molar-refractivity contribution in [1.82, 2.24) is 30.3 Å². The van der Waals surface area contributed by atoms with E-state index in [-0.39, 0.29) is 11.7 Å². The fourth-order valence-corrected chi connectivity index (χ4v) is 4.46. The van der Waals surface area contributed by atoms with E-state index in [1.54, 1.807) is 29.8 Å². The predicted molar refractivity (Wildman–Crippen MR) is 118 cm³/mol. The van der Waals surface area contributed by atoms with Gasteiger partial charge >= 0.3 is 0 Å². The van der Waals surface area contributed by atoms with Gasteiger partial charge in [-0.2, -0.15) is 0 Å². The molecule has 2 aromatic carbocycles. The molecule has 0 saturated carbocycles. The Morgan fingerprint density at radius 1 is 1.10 bits per heavy atom. The quantitative estimate of drug-likeness (QED) is 0.425. The molecule has 31 heavy (non-hydrogen) atoms. The molecular formula is C21H19FN6OS2. The van der Waals surface area contributed by atoms with Gasteiger partial charge in [-0.05, 0) is 24.6 Å². The number of aromatic nitrogens is 5. The van der Waals surface area contributed by atoms with Gasteiger partial charge in [0.15, 0.2) is 11.0 Å². The molecule has 10 heteroatoms. The number of carbonyl (C=O) groups is 1. The number of hydrogen-bond donors (Lipinski definition) is 1. The maximum atomic E-state index is 14.0. The first-order valence-electron chi connectivity index (χ1n) is 9.44. The van der Waals surface area contributed by atoms with Crippen molar-refractivity contribution >= 4 is 29.0 Å². The Morgan fingerprint density at radius 2 is 1.87 bits per heavy atom. The number of rotatable bonds is 7. The number of amides is 1. The van der Waals surface area contributed by atoms with Crippen molar-refractivity contribution in [3.8, 4) is 11.4 Å². The number of carbonyl (C=O) groups excluding carboxylic acids is 1. The smallest absolute Gasteiger partial charge is 0.282 e. The molecule has 0 fully saturated rings. The fourth-order valence-electron chi connectivity index (χ4n) is 2.81. The minimum atomic E-state index is -0.347. The highest BCUT2D eigenvalue weighted by molar-refractivity contribution is 7.98. The Bertz CT molecular complexity index is 1200. The van der Waals surface area contributed by atoms with E-state index >= 15 is 0 Å². The number of hydrogen-bond acceptors (Lipinski definition) is 7. The predicted octanol–water partition coefficient (Wildman–Crippen LogP) is 4.00. The molecule has 0 aliphatic heterocycles. The average molecular weight is 455 g/mol. The third kappa shape index (κ3) is 4.97. The zero-order valence-corrected chi connectivity index (χ0v) is 18.5. The SMILES string of the molecule is Cc1ccc(CNC(=O)c2nnc(CSc3nnc(-c4ccccc4F)n3C)s2)cc1. The van der Waals surface area contributed by atoms with Gasteiger partial charge in [-0.15, -0.1) is 20.4 Å². The van der Waals surface area contributed by atoms with Gasteiger partial charge in [-0.25, -0.2) is 4.39 Å². The number of thioether (sulfide) groups is 1. The summed E-state index contributed by atoms with van der Waals surface area (Å²) in [5, 5.41) is 20.8. The molecule has 0 aliphatic carbocycles. The van der Waals surface area contributed by atoms with E-state index in [4.69, 9.17) is 0 Å². The monoisotopic (exact) mass is 454 g/mol. The molecule has 158 valence electrons. The molecular weight excluding hydrogens is 435 g/mol. The van der Waals surface area contributed by atoms with E-state index in [0.717, 1.165) is 5.56 Å². The van der Waals surface area contributed by atoms with Gasteiger partial charge < -0.3 is 9.88 Å². The van der Waals surface area contributed by atoms with Gasteiger partial charge in [0.1, 0.15) is 10.8 Å². The number of nitrogens with zero attached hydrogens (tertiary/aromatic N) is 5. The second kappa shape index (κ2) is 9.36. The van der Waals surface area contributed by atoms with Crippen molar-refractivity contribution < 1.29 is 9.18 Å². The summed E-state index contributed by atoms with van der Waals surface area (Å²) in [4.78, 5) is 12.3. The van der Waals surface area contributed by atoms with Crippen LogP contribution in [-0.4, -0.2) is 30.9 Å². The first-order valence-corrected chi connectivity index (χ1v) is 11.2. The Labute approximate surface area is 186 Å². The van der Waals surface area contributed by atoms with Crippen LogP contribution in [-0.2, 0) is 19.3 Å². The third-order valence-corrected chi connectivity index (χ3v) is 6.65. The van der Waals surface area contributed by atoms with Gasteiger partial charge in [0.05, 0.1) is 11.3 Å². The molecule has 2 heterocycles. The highest BCUT2D eigenvalue weighted by Gasteiger charge is 2.17. The fraction of sp³-hybridized carbons (Fsp3) is 0.190. The molecule has 0 bridgehead atoms. The molecule has 1 amide bonds.